The molecule has 33 heavy (non-hydrogen) atoms. The number of thiazole rings is 1. The molecule has 1 amide bonds. The molecule has 0 N–H and O–H groups in total. The van der Waals surface area contributed by atoms with Crippen LogP contribution >= 0.6 is 22.9 Å². The first-order valence-corrected chi connectivity index (χ1v) is 13.6. The third-order valence-electron chi connectivity index (χ3n) is 5.75. The summed E-state index contributed by atoms with van der Waals surface area (Å²) < 4.78 is 31.3. The van der Waals surface area contributed by atoms with Crippen molar-refractivity contribution in [3.8, 4) is 5.75 Å². The van der Waals surface area contributed by atoms with Gasteiger partial charge < -0.3 is 14.5 Å². The van der Waals surface area contributed by atoms with Crippen molar-refractivity contribution < 1.29 is 17.9 Å². The quantitative estimate of drug-likeness (QED) is 0.477. The molecular formula is C23H26ClN3O4S2. The van der Waals surface area contributed by atoms with Crippen LogP contribution in [0.1, 0.15) is 18.4 Å². The van der Waals surface area contributed by atoms with Crippen molar-refractivity contribution in [2.75, 3.05) is 43.9 Å². The van der Waals surface area contributed by atoms with E-state index in [-0.39, 0.29) is 18.1 Å². The van der Waals surface area contributed by atoms with Gasteiger partial charge in [0.25, 0.3) is 0 Å². The number of anilines is 1. The predicted molar refractivity (Wildman–Crippen MR) is 132 cm³/mol. The smallest absolute Gasteiger partial charge is 0.222 e. The Morgan fingerprint density at radius 1 is 1.12 bits per heavy atom. The summed E-state index contributed by atoms with van der Waals surface area (Å²) in [5.74, 6) is 0.643. The van der Waals surface area contributed by atoms with Gasteiger partial charge in [0.2, 0.25) is 5.91 Å². The number of piperazine rings is 1. The Bertz CT molecular complexity index is 1250. The van der Waals surface area contributed by atoms with Crippen LogP contribution in [-0.4, -0.2) is 63.3 Å². The summed E-state index contributed by atoms with van der Waals surface area (Å²) in [5.41, 5.74) is 1.76. The first-order chi connectivity index (χ1) is 15.8. The van der Waals surface area contributed by atoms with Crippen LogP contribution in [0, 0.1) is 6.92 Å². The molecule has 0 radical (unpaired) electrons. The zero-order chi connectivity index (χ0) is 23.6. The van der Waals surface area contributed by atoms with Gasteiger partial charge in [-0.05, 0) is 37.6 Å². The zero-order valence-corrected chi connectivity index (χ0v) is 21.0. The Balaban J connectivity index is 1.31. The average Bonchev–Trinajstić information content (AvgIpc) is 3.26. The van der Waals surface area contributed by atoms with Gasteiger partial charge in [-0.1, -0.05) is 40.6 Å². The van der Waals surface area contributed by atoms with E-state index in [0.29, 0.717) is 48.3 Å². The predicted octanol–water partition coefficient (Wildman–Crippen LogP) is 4.17. The van der Waals surface area contributed by atoms with E-state index in [9.17, 15) is 13.2 Å². The van der Waals surface area contributed by atoms with Crippen LogP contribution in [0.15, 0.2) is 41.3 Å². The second kappa shape index (κ2) is 9.87. The molecule has 0 atom stereocenters. The molecule has 1 fully saturated rings. The number of nitrogens with zero attached hydrogens (tertiary/aromatic N) is 3. The summed E-state index contributed by atoms with van der Waals surface area (Å²) in [4.78, 5) is 21.6. The number of hydrogen-bond acceptors (Lipinski definition) is 7. The number of aromatic nitrogens is 1. The number of fused-ring (bicyclic) bond motifs is 1. The summed E-state index contributed by atoms with van der Waals surface area (Å²) in [6.45, 7) is 4.38. The normalized spacial score (nSPS) is 14.6. The Hall–Kier alpha value is -2.36. The van der Waals surface area contributed by atoms with Gasteiger partial charge in [-0.15, -0.1) is 0 Å². The van der Waals surface area contributed by atoms with Crippen LogP contribution in [-0.2, 0) is 14.6 Å². The van der Waals surface area contributed by atoms with E-state index in [1.807, 2.05) is 13.0 Å². The fraction of sp³-hybridized carbons (Fsp3) is 0.391. The van der Waals surface area contributed by atoms with E-state index in [2.05, 4.69) is 4.90 Å². The van der Waals surface area contributed by atoms with E-state index in [1.165, 1.54) is 11.3 Å². The lowest BCUT2D eigenvalue weighted by Crippen LogP contribution is -2.48. The number of aryl methyl sites for hydroxylation is 1. The molecule has 1 aliphatic heterocycles. The fourth-order valence-electron chi connectivity index (χ4n) is 3.82. The largest absolute Gasteiger partial charge is 0.494 e. The minimum absolute atomic E-state index is 0.0113. The van der Waals surface area contributed by atoms with Crippen molar-refractivity contribution in [3.63, 3.8) is 0 Å². The van der Waals surface area contributed by atoms with Gasteiger partial charge in [-0.25, -0.2) is 13.4 Å². The van der Waals surface area contributed by atoms with Crippen molar-refractivity contribution in [3.05, 3.63) is 47.0 Å². The van der Waals surface area contributed by atoms with Crippen LogP contribution < -0.4 is 9.64 Å². The number of hydrogen-bond donors (Lipinski definition) is 0. The first kappa shape index (κ1) is 23.8. The molecule has 7 nitrogen and oxygen atoms in total. The van der Waals surface area contributed by atoms with Crippen molar-refractivity contribution in [2.24, 2.45) is 0 Å². The summed E-state index contributed by atoms with van der Waals surface area (Å²) in [5, 5.41) is 1.50. The van der Waals surface area contributed by atoms with E-state index in [0.717, 1.165) is 20.9 Å². The SMILES string of the molecule is COc1ccc(Cl)c2sc(N3CCN(C(=O)CCCS(=O)(=O)c4ccc(C)cc4)CC3)nc12. The van der Waals surface area contributed by atoms with Crippen LogP contribution in [0.3, 0.4) is 0 Å². The van der Waals surface area contributed by atoms with Crippen molar-refractivity contribution >= 4 is 54.0 Å². The number of ether oxygens (including phenoxy) is 1. The van der Waals surface area contributed by atoms with E-state index in [1.54, 1.807) is 42.3 Å². The van der Waals surface area contributed by atoms with Gasteiger partial charge in [0.1, 0.15) is 11.3 Å². The second-order valence-corrected chi connectivity index (χ2v) is 11.5. The lowest BCUT2D eigenvalue weighted by molar-refractivity contribution is -0.131. The Morgan fingerprint density at radius 3 is 2.48 bits per heavy atom. The zero-order valence-electron chi connectivity index (χ0n) is 18.6. The number of methoxy groups -OCH3 is 1. The fourth-order valence-corrected chi connectivity index (χ4v) is 6.44. The Labute approximate surface area is 202 Å². The third-order valence-corrected chi connectivity index (χ3v) is 9.15. The monoisotopic (exact) mass is 507 g/mol. The molecule has 176 valence electrons. The van der Waals surface area contributed by atoms with Gasteiger partial charge in [0, 0.05) is 32.6 Å². The lowest BCUT2D eigenvalue weighted by atomic mass is 10.2. The third kappa shape index (κ3) is 5.26. The molecular weight excluding hydrogens is 482 g/mol. The maximum absolute atomic E-state index is 12.6. The topological polar surface area (TPSA) is 79.8 Å². The highest BCUT2D eigenvalue weighted by atomic mass is 35.5. The first-order valence-electron chi connectivity index (χ1n) is 10.7. The number of carbonyl (C=O) groups is 1. The molecule has 10 heteroatoms. The van der Waals surface area contributed by atoms with Gasteiger partial charge >= 0.3 is 0 Å². The maximum Gasteiger partial charge on any atom is 0.222 e. The highest BCUT2D eigenvalue weighted by Gasteiger charge is 2.24. The molecule has 0 spiro atoms. The lowest BCUT2D eigenvalue weighted by Gasteiger charge is -2.34. The van der Waals surface area contributed by atoms with Crippen molar-refractivity contribution in [1.82, 2.24) is 9.88 Å². The summed E-state index contributed by atoms with van der Waals surface area (Å²) in [6, 6.07) is 10.4. The second-order valence-electron chi connectivity index (χ2n) is 8.03. The van der Waals surface area contributed by atoms with Crippen LogP contribution in [0.5, 0.6) is 5.75 Å². The molecule has 2 aromatic carbocycles. The maximum atomic E-state index is 12.6. The summed E-state index contributed by atoms with van der Waals surface area (Å²) in [7, 11) is -1.77. The molecule has 1 aliphatic rings. The number of sulfone groups is 1. The molecule has 0 saturated carbocycles. The van der Waals surface area contributed by atoms with E-state index >= 15 is 0 Å². The Kier molecular flexibility index (Phi) is 7.11. The number of amides is 1. The standard InChI is InChI=1S/C23H26ClN3O4S2/c1-16-5-7-17(8-6-16)33(29,30)15-3-4-20(28)26-11-13-27(14-12-26)23-25-21-19(31-2)10-9-18(24)22(21)32-23/h5-10H,3-4,11-15H2,1-2H3. The minimum Gasteiger partial charge on any atom is -0.494 e. The highest BCUT2D eigenvalue weighted by Crippen LogP contribution is 2.38. The van der Waals surface area contributed by atoms with E-state index < -0.39 is 9.84 Å². The molecule has 3 aromatic rings. The summed E-state index contributed by atoms with van der Waals surface area (Å²) in [6.07, 6.45) is 0.532. The van der Waals surface area contributed by atoms with Gasteiger partial charge in [-0.2, -0.15) is 0 Å². The van der Waals surface area contributed by atoms with Crippen molar-refractivity contribution in [2.45, 2.75) is 24.7 Å². The molecule has 0 bridgehead atoms. The molecule has 1 aromatic heterocycles. The van der Waals surface area contributed by atoms with Gasteiger partial charge in [0.15, 0.2) is 15.0 Å². The molecule has 0 unspecified atom stereocenters. The van der Waals surface area contributed by atoms with Gasteiger partial charge in [0.05, 0.1) is 27.5 Å². The molecule has 2 heterocycles. The Morgan fingerprint density at radius 2 is 1.82 bits per heavy atom. The highest BCUT2D eigenvalue weighted by molar-refractivity contribution is 7.91. The van der Waals surface area contributed by atoms with Crippen LogP contribution in [0.2, 0.25) is 5.02 Å². The average molecular weight is 508 g/mol. The minimum atomic E-state index is -3.38. The van der Waals surface area contributed by atoms with Crippen molar-refractivity contribution in [1.29, 1.82) is 0 Å². The van der Waals surface area contributed by atoms with Gasteiger partial charge in [-0.3, -0.25) is 4.79 Å². The number of rotatable bonds is 7. The number of carbonyl (C=O) groups excluding carboxylic acids is 1. The summed E-state index contributed by atoms with van der Waals surface area (Å²) >= 11 is 7.85. The van der Waals surface area contributed by atoms with Crippen LogP contribution in [0.25, 0.3) is 10.2 Å². The molecule has 0 aliphatic carbocycles. The van der Waals surface area contributed by atoms with Crippen LogP contribution in [0.4, 0.5) is 5.13 Å². The van der Waals surface area contributed by atoms with E-state index in [4.69, 9.17) is 21.3 Å². The number of benzene rings is 2. The molecule has 4 rings (SSSR count). The number of halogens is 1. The molecule has 1 saturated heterocycles.